The Morgan fingerprint density at radius 2 is 2.15 bits per heavy atom. The van der Waals surface area contributed by atoms with Crippen LogP contribution >= 0.6 is 0 Å². The van der Waals surface area contributed by atoms with Gasteiger partial charge in [0.25, 0.3) is 0 Å². The molecule has 0 radical (unpaired) electrons. The molecule has 0 aromatic heterocycles. The minimum atomic E-state index is -0.439. The third kappa shape index (κ3) is 4.46. The van der Waals surface area contributed by atoms with E-state index in [-0.39, 0.29) is 12.4 Å². The Morgan fingerprint density at radius 3 is 2.85 bits per heavy atom. The fraction of sp³-hybridized carbons (Fsp3) is 0.625. The molecule has 1 fully saturated rings. The highest BCUT2D eigenvalue weighted by molar-refractivity contribution is 5.33. The van der Waals surface area contributed by atoms with Crippen molar-refractivity contribution in [2.24, 2.45) is 5.92 Å². The van der Waals surface area contributed by atoms with E-state index >= 15 is 0 Å². The molecule has 4 heteroatoms. The molecule has 0 spiro atoms. The zero-order chi connectivity index (χ0) is 14.4. The van der Waals surface area contributed by atoms with Gasteiger partial charge in [0.05, 0.1) is 6.10 Å². The number of benzene rings is 1. The molecule has 0 heterocycles. The third-order valence-electron chi connectivity index (χ3n) is 3.90. The molecule has 3 nitrogen and oxygen atoms in total. The number of halogens is 1. The maximum atomic E-state index is 13.2. The molecule has 1 atom stereocenters. The molecule has 0 amide bonds. The fourth-order valence-electron chi connectivity index (χ4n) is 2.90. The first-order valence-corrected chi connectivity index (χ1v) is 7.43. The molecule has 1 unspecified atom stereocenters. The van der Waals surface area contributed by atoms with Gasteiger partial charge < -0.3 is 15.2 Å². The van der Waals surface area contributed by atoms with E-state index in [1.807, 2.05) is 7.05 Å². The molecule has 1 aliphatic rings. The maximum absolute atomic E-state index is 13.2. The van der Waals surface area contributed by atoms with Crippen molar-refractivity contribution in [2.75, 3.05) is 13.7 Å². The molecule has 1 aromatic carbocycles. The third-order valence-corrected chi connectivity index (χ3v) is 3.90. The summed E-state index contributed by atoms with van der Waals surface area (Å²) in [4.78, 5) is 0. The van der Waals surface area contributed by atoms with Crippen LogP contribution < -0.4 is 10.1 Å². The highest BCUT2D eigenvalue weighted by atomic mass is 19.1. The van der Waals surface area contributed by atoms with Gasteiger partial charge in [-0.1, -0.05) is 25.7 Å². The van der Waals surface area contributed by atoms with Crippen LogP contribution in [0, 0.1) is 11.7 Å². The van der Waals surface area contributed by atoms with Crippen LogP contribution in [0.5, 0.6) is 5.75 Å². The van der Waals surface area contributed by atoms with Crippen molar-refractivity contribution in [3.63, 3.8) is 0 Å². The lowest BCUT2D eigenvalue weighted by atomic mass is 10.0. The van der Waals surface area contributed by atoms with Gasteiger partial charge >= 0.3 is 0 Å². The zero-order valence-corrected chi connectivity index (χ0v) is 12.1. The Labute approximate surface area is 120 Å². The van der Waals surface area contributed by atoms with Gasteiger partial charge in [0.1, 0.15) is 18.2 Å². The van der Waals surface area contributed by atoms with Gasteiger partial charge in [0.15, 0.2) is 0 Å². The molecular weight excluding hydrogens is 257 g/mol. The Balaban J connectivity index is 1.85. The van der Waals surface area contributed by atoms with E-state index in [4.69, 9.17) is 4.74 Å². The summed E-state index contributed by atoms with van der Waals surface area (Å²) in [5.41, 5.74) is 0.778. The van der Waals surface area contributed by atoms with Gasteiger partial charge in [-0.25, -0.2) is 4.39 Å². The molecular formula is C16H24FNO2. The first kappa shape index (κ1) is 15.3. The fourth-order valence-corrected chi connectivity index (χ4v) is 2.90. The summed E-state index contributed by atoms with van der Waals surface area (Å²) in [7, 11) is 1.81. The maximum Gasteiger partial charge on any atom is 0.124 e. The predicted molar refractivity (Wildman–Crippen MR) is 77.2 cm³/mol. The summed E-state index contributed by atoms with van der Waals surface area (Å²) in [5, 5.41) is 13.0. The average Bonchev–Trinajstić information content (AvgIpc) is 2.91. The van der Waals surface area contributed by atoms with E-state index in [1.165, 1.54) is 37.8 Å². The van der Waals surface area contributed by atoms with Gasteiger partial charge in [-0.15, -0.1) is 0 Å². The minimum absolute atomic E-state index is 0.269. The first-order chi connectivity index (χ1) is 9.69. The van der Waals surface area contributed by atoms with Crippen LogP contribution in [0.15, 0.2) is 18.2 Å². The van der Waals surface area contributed by atoms with Gasteiger partial charge in [-0.3, -0.25) is 0 Å². The van der Waals surface area contributed by atoms with Gasteiger partial charge in [0, 0.05) is 12.1 Å². The summed E-state index contributed by atoms with van der Waals surface area (Å²) < 4.78 is 18.9. The second-order valence-electron chi connectivity index (χ2n) is 5.63. The largest absolute Gasteiger partial charge is 0.491 e. The highest BCUT2D eigenvalue weighted by Gasteiger charge is 2.19. The topological polar surface area (TPSA) is 41.5 Å². The monoisotopic (exact) mass is 281 g/mol. The van der Waals surface area contributed by atoms with Crippen molar-refractivity contribution in [2.45, 2.75) is 44.8 Å². The molecule has 2 rings (SSSR count). The number of aliphatic hydroxyl groups is 1. The van der Waals surface area contributed by atoms with Crippen molar-refractivity contribution in [3.8, 4) is 5.75 Å². The zero-order valence-electron chi connectivity index (χ0n) is 12.1. The normalized spacial score (nSPS) is 17.4. The van der Waals surface area contributed by atoms with Gasteiger partial charge in [0.2, 0.25) is 0 Å². The lowest BCUT2D eigenvalue weighted by Crippen LogP contribution is -2.21. The summed E-state index contributed by atoms with van der Waals surface area (Å²) >= 11 is 0. The van der Waals surface area contributed by atoms with Crippen LogP contribution in [0.25, 0.3) is 0 Å². The van der Waals surface area contributed by atoms with Crippen LogP contribution in [-0.2, 0) is 6.54 Å². The van der Waals surface area contributed by atoms with Crippen LogP contribution in [-0.4, -0.2) is 24.9 Å². The van der Waals surface area contributed by atoms with E-state index in [0.29, 0.717) is 18.2 Å². The van der Waals surface area contributed by atoms with E-state index in [2.05, 4.69) is 5.32 Å². The molecule has 1 aliphatic carbocycles. The van der Waals surface area contributed by atoms with Crippen molar-refractivity contribution in [1.29, 1.82) is 0 Å². The van der Waals surface area contributed by atoms with E-state index < -0.39 is 6.10 Å². The van der Waals surface area contributed by atoms with Crippen LogP contribution in [0.1, 0.15) is 37.7 Å². The second kappa shape index (κ2) is 7.60. The Bertz CT molecular complexity index is 419. The van der Waals surface area contributed by atoms with Crippen molar-refractivity contribution in [3.05, 3.63) is 29.6 Å². The Morgan fingerprint density at radius 1 is 1.40 bits per heavy atom. The standard InChI is InChI=1S/C16H24FNO2/c1-18-10-13-9-14(17)6-7-16(13)20-11-15(19)8-12-4-2-3-5-12/h6-7,9,12,15,18-19H,2-5,8,10-11H2,1H3. The molecule has 20 heavy (non-hydrogen) atoms. The number of hydrogen-bond donors (Lipinski definition) is 2. The first-order valence-electron chi connectivity index (χ1n) is 7.43. The number of aliphatic hydroxyl groups excluding tert-OH is 1. The predicted octanol–water partition coefficient (Wildman–Crippen LogP) is 2.87. The highest BCUT2D eigenvalue weighted by Crippen LogP contribution is 2.29. The van der Waals surface area contributed by atoms with E-state index in [1.54, 1.807) is 6.07 Å². The number of ether oxygens (including phenoxy) is 1. The smallest absolute Gasteiger partial charge is 0.124 e. The molecule has 112 valence electrons. The average molecular weight is 281 g/mol. The molecule has 0 saturated heterocycles. The molecule has 0 bridgehead atoms. The molecule has 2 N–H and O–H groups in total. The van der Waals surface area contributed by atoms with Crippen molar-refractivity contribution >= 4 is 0 Å². The molecule has 1 aromatic rings. The van der Waals surface area contributed by atoms with Crippen LogP contribution in [0.3, 0.4) is 0 Å². The minimum Gasteiger partial charge on any atom is -0.491 e. The summed E-state index contributed by atoms with van der Waals surface area (Å²) in [6.07, 6.45) is 5.37. The Kier molecular flexibility index (Phi) is 5.80. The van der Waals surface area contributed by atoms with Gasteiger partial charge in [-0.05, 0) is 37.6 Å². The van der Waals surface area contributed by atoms with E-state index in [0.717, 1.165) is 12.0 Å². The second-order valence-corrected chi connectivity index (χ2v) is 5.63. The SMILES string of the molecule is CNCc1cc(F)ccc1OCC(O)CC1CCCC1. The van der Waals surface area contributed by atoms with Crippen molar-refractivity contribution < 1.29 is 14.2 Å². The molecule has 0 aliphatic heterocycles. The number of nitrogens with one attached hydrogen (secondary N) is 1. The Hall–Kier alpha value is -1.13. The quantitative estimate of drug-likeness (QED) is 0.807. The lowest BCUT2D eigenvalue weighted by molar-refractivity contribution is 0.0850. The van der Waals surface area contributed by atoms with E-state index in [9.17, 15) is 9.50 Å². The lowest BCUT2D eigenvalue weighted by Gasteiger charge is -2.17. The summed E-state index contributed by atoms with van der Waals surface area (Å²) in [6.45, 7) is 0.824. The van der Waals surface area contributed by atoms with Crippen LogP contribution in [0.2, 0.25) is 0 Å². The number of hydrogen-bond acceptors (Lipinski definition) is 3. The molecule has 1 saturated carbocycles. The van der Waals surface area contributed by atoms with Gasteiger partial charge in [-0.2, -0.15) is 0 Å². The number of rotatable bonds is 7. The van der Waals surface area contributed by atoms with Crippen LogP contribution in [0.4, 0.5) is 4.39 Å². The summed E-state index contributed by atoms with van der Waals surface area (Å²) in [6, 6.07) is 4.48. The van der Waals surface area contributed by atoms with Crippen molar-refractivity contribution in [1.82, 2.24) is 5.32 Å². The summed E-state index contributed by atoms with van der Waals surface area (Å²) in [5.74, 6) is 1.01.